The summed E-state index contributed by atoms with van der Waals surface area (Å²) in [6, 6.07) is 0.798. The number of esters is 1. The van der Waals surface area contributed by atoms with Crippen LogP contribution in [0.25, 0.3) is 0 Å². The SMILES string of the molecule is CN1CCC(N2CCC[C@H]2C(=O)OCN2CCC(N3CCC[C@H]3C(N)=O)CC2)CC1. The van der Waals surface area contributed by atoms with E-state index < -0.39 is 0 Å². The Kier molecular flexibility index (Phi) is 7.28. The van der Waals surface area contributed by atoms with Gasteiger partial charge in [0.15, 0.2) is 0 Å². The molecular formula is C22H39N5O3. The maximum Gasteiger partial charge on any atom is 0.324 e. The third-order valence-electron chi connectivity index (χ3n) is 7.76. The molecule has 0 spiro atoms. The molecule has 0 aromatic heterocycles. The van der Waals surface area contributed by atoms with E-state index >= 15 is 0 Å². The van der Waals surface area contributed by atoms with E-state index in [9.17, 15) is 9.59 Å². The summed E-state index contributed by atoms with van der Waals surface area (Å²) in [6.07, 6.45) is 8.28. The summed E-state index contributed by atoms with van der Waals surface area (Å²) in [5, 5.41) is 0. The normalized spacial score (nSPS) is 31.4. The zero-order chi connectivity index (χ0) is 21.1. The molecule has 0 bridgehead atoms. The lowest BCUT2D eigenvalue weighted by molar-refractivity contribution is -0.155. The number of amides is 1. The van der Waals surface area contributed by atoms with Crippen LogP contribution in [0.5, 0.6) is 0 Å². The van der Waals surface area contributed by atoms with E-state index in [1.165, 1.54) is 0 Å². The Balaban J connectivity index is 1.21. The Labute approximate surface area is 180 Å². The third-order valence-corrected chi connectivity index (χ3v) is 7.76. The molecule has 4 aliphatic heterocycles. The first-order valence-electron chi connectivity index (χ1n) is 11.9. The fourth-order valence-electron chi connectivity index (χ4n) is 5.97. The molecule has 4 saturated heterocycles. The number of nitrogens with zero attached hydrogens (tertiary/aromatic N) is 4. The van der Waals surface area contributed by atoms with Gasteiger partial charge in [0, 0.05) is 25.2 Å². The van der Waals surface area contributed by atoms with Gasteiger partial charge in [0.2, 0.25) is 5.91 Å². The van der Waals surface area contributed by atoms with Crippen molar-refractivity contribution in [1.29, 1.82) is 0 Å². The highest BCUT2D eigenvalue weighted by molar-refractivity contribution is 5.80. The van der Waals surface area contributed by atoms with Crippen LogP contribution in [0, 0.1) is 0 Å². The largest absolute Gasteiger partial charge is 0.448 e. The van der Waals surface area contributed by atoms with Crippen LogP contribution in [0.3, 0.4) is 0 Å². The zero-order valence-electron chi connectivity index (χ0n) is 18.5. The lowest BCUT2D eigenvalue weighted by Crippen LogP contribution is -2.51. The second-order valence-electron chi connectivity index (χ2n) is 9.67. The number of nitrogens with two attached hydrogens (primary N) is 1. The molecule has 4 fully saturated rings. The molecule has 170 valence electrons. The van der Waals surface area contributed by atoms with Gasteiger partial charge in [-0.2, -0.15) is 0 Å². The Morgan fingerprint density at radius 1 is 0.800 bits per heavy atom. The molecule has 2 N–H and O–H groups in total. The third kappa shape index (κ3) is 4.98. The summed E-state index contributed by atoms with van der Waals surface area (Å²) in [5.41, 5.74) is 5.58. The topological polar surface area (TPSA) is 82.3 Å². The number of ether oxygens (including phenoxy) is 1. The fourth-order valence-corrected chi connectivity index (χ4v) is 5.97. The van der Waals surface area contributed by atoms with Gasteiger partial charge in [0.05, 0.1) is 6.04 Å². The molecule has 8 nitrogen and oxygen atoms in total. The van der Waals surface area contributed by atoms with Crippen molar-refractivity contribution in [2.75, 3.05) is 53.0 Å². The van der Waals surface area contributed by atoms with Crippen LogP contribution in [-0.4, -0.2) is 109 Å². The van der Waals surface area contributed by atoms with E-state index in [2.05, 4.69) is 26.6 Å². The van der Waals surface area contributed by atoms with Crippen molar-refractivity contribution in [3.8, 4) is 0 Å². The predicted molar refractivity (Wildman–Crippen MR) is 115 cm³/mol. The van der Waals surface area contributed by atoms with Crippen LogP contribution in [0.15, 0.2) is 0 Å². The van der Waals surface area contributed by atoms with Crippen molar-refractivity contribution in [2.45, 2.75) is 75.5 Å². The predicted octanol–water partition coefficient (Wildman–Crippen LogP) is 0.460. The summed E-state index contributed by atoms with van der Waals surface area (Å²) in [4.78, 5) is 33.9. The molecule has 0 aromatic rings. The quantitative estimate of drug-likeness (QED) is 0.624. The number of hydrogen-bond acceptors (Lipinski definition) is 7. The van der Waals surface area contributed by atoms with Gasteiger partial charge < -0.3 is 15.4 Å². The first-order chi connectivity index (χ1) is 14.5. The Morgan fingerprint density at radius 2 is 1.33 bits per heavy atom. The molecule has 4 aliphatic rings. The Morgan fingerprint density at radius 3 is 1.93 bits per heavy atom. The van der Waals surface area contributed by atoms with Crippen molar-refractivity contribution in [3.63, 3.8) is 0 Å². The van der Waals surface area contributed by atoms with Crippen molar-refractivity contribution < 1.29 is 14.3 Å². The van der Waals surface area contributed by atoms with Crippen molar-refractivity contribution in [1.82, 2.24) is 19.6 Å². The maximum absolute atomic E-state index is 12.8. The fraction of sp³-hybridized carbons (Fsp3) is 0.909. The van der Waals surface area contributed by atoms with Gasteiger partial charge in [-0.3, -0.25) is 24.3 Å². The summed E-state index contributed by atoms with van der Waals surface area (Å²) in [6.45, 7) is 6.43. The average molecular weight is 422 g/mol. The van der Waals surface area contributed by atoms with Gasteiger partial charge in [0.25, 0.3) is 0 Å². The van der Waals surface area contributed by atoms with E-state index in [1.54, 1.807) is 0 Å². The van der Waals surface area contributed by atoms with Gasteiger partial charge in [-0.25, -0.2) is 0 Å². The number of piperidine rings is 2. The number of likely N-dealkylation sites (tertiary alicyclic amines) is 4. The summed E-state index contributed by atoms with van der Waals surface area (Å²) >= 11 is 0. The van der Waals surface area contributed by atoms with Gasteiger partial charge in [-0.05, 0) is 84.6 Å². The summed E-state index contributed by atoms with van der Waals surface area (Å²) < 4.78 is 5.77. The van der Waals surface area contributed by atoms with E-state index in [4.69, 9.17) is 10.5 Å². The van der Waals surface area contributed by atoms with Crippen LogP contribution >= 0.6 is 0 Å². The number of carbonyl (C=O) groups excluding carboxylic acids is 2. The summed E-state index contributed by atoms with van der Waals surface area (Å²) in [5.74, 6) is -0.225. The minimum atomic E-state index is -0.186. The average Bonchev–Trinajstić information content (AvgIpc) is 3.43. The molecule has 0 aromatic carbocycles. The number of carbonyl (C=O) groups is 2. The lowest BCUT2D eigenvalue weighted by Gasteiger charge is -2.39. The molecule has 0 unspecified atom stereocenters. The summed E-state index contributed by atoms with van der Waals surface area (Å²) in [7, 11) is 2.17. The monoisotopic (exact) mass is 421 g/mol. The van der Waals surface area contributed by atoms with E-state index in [0.29, 0.717) is 18.8 Å². The standard InChI is InChI=1S/C22H39N5O3/c1-24-12-6-17(7-13-24)27-11-3-5-20(27)22(29)30-16-25-14-8-18(9-15-25)26-10-2-4-19(26)21(23)28/h17-20H,2-16H2,1H3,(H2,23,28)/t19-,20-/m0/s1. The first kappa shape index (κ1) is 22.0. The Hall–Kier alpha value is -1.22. The minimum Gasteiger partial charge on any atom is -0.448 e. The Bertz CT molecular complexity index is 602. The maximum atomic E-state index is 12.8. The second kappa shape index (κ2) is 9.94. The van der Waals surface area contributed by atoms with Gasteiger partial charge in [0.1, 0.15) is 12.8 Å². The highest BCUT2D eigenvalue weighted by atomic mass is 16.5. The molecular weight excluding hydrogens is 382 g/mol. The van der Waals surface area contributed by atoms with Crippen LogP contribution < -0.4 is 5.73 Å². The van der Waals surface area contributed by atoms with E-state index in [-0.39, 0.29) is 24.0 Å². The number of hydrogen-bond donors (Lipinski definition) is 1. The van der Waals surface area contributed by atoms with Crippen molar-refractivity contribution in [3.05, 3.63) is 0 Å². The number of primary amides is 1. The zero-order valence-corrected chi connectivity index (χ0v) is 18.5. The molecule has 0 radical (unpaired) electrons. The molecule has 4 heterocycles. The van der Waals surface area contributed by atoms with E-state index in [0.717, 1.165) is 90.6 Å². The van der Waals surface area contributed by atoms with Gasteiger partial charge in [-0.1, -0.05) is 0 Å². The molecule has 0 saturated carbocycles. The lowest BCUT2D eigenvalue weighted by atomic mass is 10.0. The molecule has 4 rings (SSSR count). The second-order valence-corrected chi connectivity index (χ2v) is 9.67. The molecule has 8 heteroatoms. The van der Waals surface area contributed by atoms with Crippen LogP contribution in [0.1, 0.15) is 51.4 Å². The van der Waals surface area contributed by atoms with Crippen LogP contribution in [0.4, 0.5) is 0 Å². The van der Waals surface area contributed by atoms with Gasteiger partial charge >= 0.3 is 5.97 Å². The highest BCUT2D eigenvalue weighted by Crippen LogP contribution is 2.28. The van der Waals surface area contributed by atoms with Crippen LogP contribution in [-0.2, 0) is 14.3 Å². The van der Waals surface area contributed by atoms with E-state index in [1.807, 2.05) is 0 Å². The van der Waals surface area contributed by atoms with Gasteiger partial charge in [-0.15, -0.1) is 0 Å². The van der Waals surface area contributed by atoms with Crippen molar-refractivity contribution in [2.24, 2.45) is 5.73 Å². The molecule has 1 amide bonds. The minimum absolute atomic E-state index is 0.0399. The molecule has 30 heavy (non-hydrogen) atoms. The smallest absolute Gasteiger partial charge is 0.324 e. The first-order valence-corrected chi connectivity index (χ1v) is 11.9. The molecule has 0 aliphatic carbocycles. The molecule has 2 atom stereocenters. The number of rotatable bonds is 6. The highest BCUT2D eigenvalue weighted by Gasteiger charge is 2.38. The van der Waals surface area contributed by atoms with Crippen molar-refractivity contribution >= 4 is 11.9 Å². The van der Waals surface area contributed by atoms with Crippen LogP contribution in [0.2, 0.25) is 0 Å².